The van der Waals surface area contributed by atoms with Crippen LogP contribution in [-0.2, 0) is 6.61 Å². The maximum absolute atomic E-state index is 13.2. The van der Waals surface area contributed by atoms with Crippen LogP contribution in [0.2, 0.25) is 5.02 Å². The number of ether oxygens (including phenoxy) is 1. The molecule has 0 aliphatic heterocycles. The predicted octanol–water partition coefficient (Wildman–Crippen LogP) is 5.52. The zero-order chi connectivity index (χ0) is 19.7. The van der Waals surface area contributed by atoms with Gasteiger partial charge in [-0.1, -0.05) is 54.1 Å². The molecule has 0 amide bonds. The summed E-state index contributed by atoms with van der Waals surface area (Å²) in [4.78, 5) is 24.9. The minimum absolute atomic E-state index is 0.116. The van der Waals surface area contributed by atoms with Gasteiger partial charge in [-0.15, -0.1) is 0 Å². The summed E-state index contributed by atoms with van der Waals surface area (Å²) in [5, 5.41) is 0.334. The monoisotopic (exact) mass is 392 g/mol. The topological polar surface area (TPSA) is 43.4 Å². The van der Waals surface area contributed by atoms with Crippen molar-refractivity contribution in [2.75, 3.05) is 0 Å². The standard InChI is InChI=1S/C23H14ClFO3/c24-20-12-14(8-9-21(20)28-13-15-4-3-5-16(25)10-15)11-19-22(26)17-6-1-2-7-18(17)23(19)27/h1-12H,13H2. The molecular formula is C23H14ClFO3. The van der Waals surface area contributed by atoms with Gasteiger partial charge in [0.15, 0.2) is 11.6 Å². The number of carbonyl (C=O) groups is 2. The molecule has 1 aliphatic carbocycles. The van der Waals surface area contributed by atoms with Gasteiger partial charge in [0.05, 0.1) is 10.6 Å². The van der Waals surface area contributed by atoms with Crippen molar-refractivity contribution in [2.45, 2.75) is 6.61 Å². The summed E-state index contributed by atoms with van der Waals surface area (Å²) in [5.41, 5.74) is 2.25. The maximum atomic E-state index is 13.2. The van der Waals surface area contributed by atoms with Crippen molar-refractivity contribution in [1.29, 1.82) is 0 Å². The molecule has 0 bridgehead atoms. The van der Waals surface area contributed by atoms with Crippen LogP contribution in [-0.4, -0.2) is 11.6 Å². The van der Waals surface area contributed by atoms with E-state index in [4.69, 9.17) is 16.3 Å². The van der Waals surface area contributed by atoms with Gasteiger partial charge in [-0.05, 0) is 41.5 Å². The lowest BCUT2D eigenvalue weighted by molar-refractivity contribution is 0.0990. The highest BCUT2D eigenvalue weighted by molar-refractivity contribution is 6.41. The number of carbonyl (C=O) groups excluding carboxylic acids is 2. The summed E-state index contributed by atoms with van der Waals surface area (Å²) in [5.74, 6) is -0.479. The number of allylic oxidation sites excluding steroid dienone is 1. The molecule has 1 aliphatic rings. The zero-order valence-electron chi connectivity index (χ0n) is 14.6. The summed E-state index contributed by atoms with van der Waals surface area (Å²) in [6, 6.07) is 17.9. The molecule has 0 heterocycles. The molecule has 0 saturated heterocycles. The smallest absolute Gasteiger partial charge is 0.197 e. The molecule has 3 aromatic rings. The summed E-state index contributed by atoms with van der Waals surface area (Å²) < 4.78 is 18.9. The van der Waals surface area contributed by atoms with Crippen LogP contribution in [0.5, 0.6) is 5.75 Å². The van der Waals surface area contributed by atoms with Crippen molar-refractivity contribution in [1.82, 2.24) is 0 Å². The molecular weight excluding hydrogens is 379 g/mol. The zero-order valence-corrected chi connectivity index (χ0v) is 15.4. The second-order valence-electron chi connectivity index (χ2n) is 6.37. The Kier molecular flexibility index (Phi) is 4.80. The maximum Gasteiger partial charge on any atom is 0.197 e. The van der Waals surface area contributed by atoms with Crippen LogP contribution in [0.15, 0.2) is 72.3 Å². The summed E-state index contributed by atoms with van der Waals surface area (Å²) in [6.45, 7) is 0.171. The van der Waals surface area contributed by atoms with E-state index in [9.17, 15) is 14.0 Å². The number of Topliss-reactive ketones (excluding diaryl/α,β-unsaturated/α-hetero) is 2. The molecule has 28 heavy (non-hydrogen) atoms. The van der Waals surface area contributed by atoms with Gasteiger partial charge in [0.1, 0.15) is 18.2 Å². The Hall–Kier alpha value is -3.24. The minimum Gasteiger partial charge on any atom is -0.487 e. The van der Waals surface area contributed by atoms with E-state index in [0.717, 1.165) is 0 Å². The molecule has 3 nitrogen and oxygen atoms in total. The number of fused-ring (bicyclic) bond motifs is 1. The third kappa shape index (κ3) is 3.47. The van der Waals surface area contributed by atoms with Crippen LogP contribution < -0.4 is 4.74 Å². The fourth-order valence-corrected chi connectivity index (χ4v) is 3.33. The molecule has 0 aromatic heterocycles. The SMILES string of the molecule is O=C1C(=Cc2ccc(OCc3cccc(F)c3)c(Cl)c2)C(=O)c2ccccc21. The first-order valence-electron chi connectivity index (χ1n) is 8.60. The van der Waals surface area contributed by atoms with E-state index in [1.54, 1.807) is 54.6 Å². The van der Waals surface area contributed by atoms with E-state index in [-0.39, 0.29) is 29.6 Å². The predicted molar refractivity (Wildman–Crippen MR) is 105 cm³/mol. The fraction of sp³-hybridized carbons (Fsp3) is 0.0435. The normalized spacial score (nSPS) is 12.9. The quantitative estimate of drug-likeness (QED) is 0.433. The van der Waals surface area contributed by atoms with E-state index in [1.165, 1.54) is 18.2 Å². The lowest BCUT2D eigenvalue weighted by atomic mass is 10.1. The number of rotatable bonds is 4. The van der Waals surface area contributed by atoms with Crippen molar-refractivity contribution in [3.63, 3.8) is 0 Å². The Morgan fingerprint density at radius 1 is 0.893 bits per heavy atom. The molecule has 0 N–H and O–H groups in total. The first-order valence-corrected chi connectivity index (χ1v) is 8.97. The number of benzene rings is 3. The molecule has 4 rings (SSSR count). The van der Waals surface area contributed by atoms with E-state index in [1.807, 2.05) is 0 Å². The van der Waals surface area contributed by atoms with Crippen LogP contribution >= 0.6 is 11.6 Å². The van der Waals surface area contributed by atoms with Crippen LogP contribution in [0.3, 0.4) is 0 Å². The second-order valence-corrected chi connectivity index (χ2v) is 6.78. The molecule has 0 radical (unpaired) electrons. The molecule has 0 fully saturated rings. The third-order valence-corrected chi connectivity index (χ3v) is 4.75. The van der Waals surface area contributed by atoms with Crippen LogP contribution in [0, 0.1) is 5.82 Å². The Labute approximate surface area is 166 Å². The van der Waals surface area contributed by atoms with E-state index < -0.39 is 0 Å². The molecule has 0 unspecified atom stereocenters. The van der Waals surface area contributed by atoms with Crippen molar-refractivity contribution in [2.24, 2.45) is 0 Å². The van der Waals surface area contributed by atoms with E-state index >= 15 is 0 Å². The first kappa shape index (κ1) is 18.1. The van der Waals surface area contributed by atoms with Gasteiger partial charge in [0.25, 0.3) is 0 Å². The van der Waals surface area contributed by atoms with Crippen LogP contribution in [0.4, 0.5) is 4.39 Å². The summed E-state index contributed by atoms with van der Waals surface area (Å²) in [7, 11) is 0. The molecule has 0 saturated carbocycles. The Morgan fingerprint density at radius 3 is 2.25 bits per heavy atom. The first-order chi connectivity index (χ1) is 13.5. The molecule has 0 atom stereocenters. The fourth-order valence-electron chi connectivity index (χ4n) is 3.08. The Bertz CT molecular complexity index is 1100. The van der Waals surface area contributed by atoms with Crippen LogP contribution in [0.1, 0.15) is 31.8 Å². The number of ketones is 2. The van der Waals surface area contributed by atoms with Gasteiger partial charge in [-0.3, -0.25) is 9.59 Å². The van der Waals surface area contributed by atoms with Crippen LogP contribution in [0.25, 0.3) is 6.08 Å². The van der Waals surface area contributed by atoms with Gasteiger partial charge >= 0.3 is 0 Å². The number of halogens is 2. The molecule has 0 spiro atoms. The van der Waals surface area contributed by atoms with Gasteiger partial charge in [0.2, 0.25) is 0 Å². The second kappa shape index (κ2) is 7.41. The third-order valence-electron chi connectivity index (χ3n) is 4.46. The highest BCUT2D eigenvalue weighted by Gasteiger charge is 2.32. The highest BCUT2D eigenvalue weighted by Crippen LogP contribution is 2.30. The average molecular weight is 393 g/mol. The molecule has 138 valence electrons. The van der Waals surface area contributed by atoms with Crippen molar-refractivity contribution >= 4 is 29.2 Å². The van der Waals surface area contributed by atoms with E-state index in [2.05, 4.69) is 0 Å². The van der Waals surface area contributed by atoms with Crippen molar-refractivity contribution < 1.29 is 18.7 Å². The average Bonchev–Trinajstić information content (AvgIpc) is 2.93. The molecule has 5 heteroatoms. The van der Waals surface area contributed by atoms with Gasteiger partial charge in [-0.25, -0.2) is 4.39 Å². The van der Waals surface area contributed by atoms with Crippen molar-refractivity contribution in [3.8, 4) is 5.75 Å². The van der Waals surface area contributed by atoms with Gasteiger partial charge in [-0.2, -0.15) is 0 Å². The number of hydrogen-bond donors (Lipinski definition) is 0. The lowest BCUT2D eigenvalue weighted by Crippen LogP contribution is -2.00. The number of hydrogen-bond acceptors (Lipinski definition) is 3. The highest BCUT2D eigenvalue weighted by atomic mass is 35.5. The van der Waals surface area contributed by atoms with Gasteiger partial charge in [0, 0.05) is 11.1 Å². The molecule has 3 aromatic carbocycles. The minimum atomic E-state index is -0.332. The van der Waals surface area contributed by atoms with Gasteiger partial charge < -0.3 is 4.74 Å². The van der Waals surface area contributed by atoms with E-state index in [0.29, 0.717) is 33.0 Å². The largest absolute Gasteiger partial charge is 0.487 e. The summed E-state index contributed by atoms with van der Waals surface area (Å²) in [6.07, 6.45) is 1.53. The lowest BCUT2D eigenvalue weighted by Gasteiger charge is -2.09. The Balaban J connectivity index is 1.55. The van der Waals surface area contributed by atoms with Crippen molar-refractivity contribution in [3.05, 3.63) is 105 Å². The Morgan fingerprint density at radius 2 is 1.61 bits per heavy atom. The summed E-state index contributed by atoms with van der Waals surface area (Å²) >= 11 is 6.28.